The lowest BCUT2D eigenvalue weighted by atomic mass is 9.78. The van der Waals surface area contributed by atoms with E-state index in [0.717, 1.165) is 36.5 Å². The molecule has 1 aliphatic heterocycles. The van der Waals surface area contributed by atoms with Crippen molar-refractivity contribution in [1.29, 1.82) is 0 Å². The van der Waals surface area contributed by atoms with Crippen LogP contribution < -0.4 is 5.73 Å². The Hall–Kier alpha value is -1.02. The third kappa shape index (κ3) is 2.51. The molecule has 0 radical (unpaired) electrons. The molecule has 0 bridgehead atoms. The first-order valence-electron chi connectivity index (χ1n) is 7.75. The molecular formula is C17H26N2. The number of fused-ring (bicyclic) bond motifs is 1. The smallest absolute Gasteiger partial charge is 0.0350 e. The molecule has 1 aromatic rings. The second kappa shape index (κ2) is 5.16. The number of rotatable bonds is 1. The van der Waals surface area contributed by atoms with Crippen LogP contribution in [0.25, 0.3) is 0 Å². The topological polar surface area (TPSA) is 29.3 Å². The Morgan fingerprint density at radius 3 is 2.79 bits per heavy atom. The molecule has 0 aromatic heterocycles. The van der Waals surface area contributed by atoms with Gasteiger partial charge in [-0.05, 0) is 54.7 Å². The molecule has 2 N–H and O–H groups in total. The fraction of sp³-hybridized carbons (Fsp3) is 0.647. The second-order valence-electron chi connectivity index (χ2n) is 6.63. The third-order valence-electron chi connectivity index (χ3n) is 5.42. The van der Waals surface area contributed by atoms with E-state index in [-0.39, 0.29) is 0 Å². The van der Waals surface area contributed by atoms with Crippen LogP contribution in [0, 0.1) is 11.8 Å². The number of hydrogen-bond donors (Lipinski definition) is 1. The number of nitrogens with two attached hydrogens (primary N) is 1. The van der Waals surface area contributed by atoms with Crippen molar-refractivity contribution in [2.45, 2.75) is 52.1 Å². The minimum Gasteiger partial charge on any atom is -0.398 e. The van der Waals surface area contributed by atoms with Gasteiger partial charge in [-0.25, -0.2) is 0 Å². The number of benzene rings is 1. The zero-order valence-electron chi connectivity index (χ0n) is 12.2. The van der Waals surface area contributed by atoms with Crippen molar-refractivity contribution in [3.8, 4) is 0 Å². The highest BCUT2D eigenvalue weighted by Gasteiger charge is 2.30. The van der Waals surface area contributed by atoms with Crippen molar-refractivity contribution in [2.24, 2.45) is 11.8 Å². The number of anilines is 1. The number of nitrogens with zero attached hydrogens (tertiary/aromatic N) is 1. The molecule has 2 nitrogen and oxygen atoms in total. The molecule has 0 amide bonds. The van der Waals surface area contributed by atoms with Crippen molar-refractivity contribution in [1.82, 2.24) is 4.90 Å². The molecule has 1 fully saturated rings. The third-order valence-corrected chi connectivity index (χ3v) is 5.42. The molecule has 19 heavy (non-hydrogen) atoms. The highest BCUT2D eigenvalue weighted by molar-refractivity contribution is 5.51. The van der Waals surface area contributed by atoms with Crippen LogP contribution in [0.15, 0.2) is 18.2 Å². The summed E-state index contributed by atoms with van der Waals surface area (Å²) in [6.45, 7) is 7.12. The van der Waals surface area contributed by atoms with Crippen molar-refractivity contribution >= 4 is 5.69 Å². The molecule has 2 heteroatoms. The summed E-state index contributed by atoms with van der Waals surface area (Å²) in [6.07, 6.45) is 5.27. The van der Waals surface area contributed by atoms with Crippen LogP contribution in [0.5, 0.6) is 0 Å². The van der Waals surface area contributed by atoms with Crippen molar-refractivity contribution < 1.29 is 0 Å². The maximum Gasteiger partial charge on any atom is 0.0350 e. The van der Waals surface area contributed by atoms with Gasteiger partial charge < -0.3 is 5.73 Å². The standard InChI is InChI=1S/C17H26N2/c1-12-6-7-15(10-13(12)2)19-9-8-16-14(11-19)4-3-5-17(16)18/h3-5,12-13,15H,6-11,18H2,1-2H3. The van der Waals surface area contributed by atoms with Gasteiger partial charge in [-0.2, -0.15) is 0 Å². The Balaban J connectivity index is 1.72. The first-order chi connectivity index (χ1) is 9.15. The van der Waals surface area contributed by atoms with Gasteiger partial charge in [0.15, 0.2) is 0 Å². The number of hydrogen-bond acceptors (Lipinski definition) is 2. The minimum atomic E-state index is 0.792. The van der Waals surface area contributed by atoms with Crippen molar-refractivity contribution in [2.75, 3.05) is 12.3 Å². The van der Waals surface area contributed by atoms with E-state index < -0.39 is 0 Å². The molecule has 1 aliphatic carbocycles. The van der Waals surface area contributed by atoms with Crippen LogP contribution in [0.3, 0.4) is 0 Å². The lowest BCUT2D eigenvalue weighted by Gasteiger charge is -2.41. The van der Waals surface area contributed by atoms with E-state index in [1.807, 2.05) is 6.07 Å². The zero-order valence-corrected chi connectivity index (χ0v) is 12.2. The predicted molar refractivity (Wildman–Crippen MR) is 80.9 cm³/mol. The van der Waals surface area contributed by atoms with Crippen LogP contribution in [0.1, 0.15) is 44.2 Å². The summed E-state index contributed by atoms with van der Waals surface area (Å²) in [5, 5.41) is 0. The monoisotopic (exact) mass is 258 g/mol. The molecule has 3 rings (SSSR count). The first kappa shape index (κ1) is 13.0. The zero-order chi connectivity index (χ0) is 13.4. The Kier molecular flexibility index (Phi) is 3.53. The van der Waals surface area contributed by atoms with E-state index in [0.29, 0.717) is 0 Å². The average Bonchev–Trinajstić information content (AvgIpc) is 2.42. The highest BCUT2D eigenvalue weighted by Crippen LogP contribution is 2.34. The van der Waals surface area contributed by atoms with Gasteiger partial charge in [0, 0.05) is 24.8 Å². The summed E-state index contributed by atoms with van der Waals surface area (Å²) in [6, 6.07) is 7.19. The van der Waals surface area contributed by atoms with E-state index in [1.165, 1.54) is 36.9 Å². The SMILES string of the molecule is CC1CCC(N2CCc3c(N)cccc3C2)CC1C. The number of nitrogen functional groups attached to an aromatic ring is 1. The largest absolute Gasteiger partial charge is 0.398 e. The summed E-state index contributed by atoms with van der Waals surface area (Å²) >= 11 is 0. The van der Waals surface area contributed by atoms with Gasteiger partial charge in [0.25, 0.3) is 0 Å². The molecule has 1 aromatic carbocycles. The summed E-state index contributed by atoms with van der Waals surface area (Å²) in [5.41, 5.74) is 9.93. The summed E-state index contributed by atoms with van der Waals surface area (Å²) in [4.78, 5) is 2.70. The van der Waals surface area contributed by atoms with Gasteiger partial charge in [-0.1, -0.05) is 26.0 Å². The van der Waals surface area contributed by atoms with E-state index in [9.17, 15) is 0 Å². The normalized spacial score (nSPS) is 32.0. The minimum absolute atomic E-state index is 0.792. The maximum absolute atomic E-state index is 6.09. The Bertz CT molecular complexity index is 455. The van der Waals surface area contributed by atoms with Gasteiger partial charge in [0.05, 0.1) is 0 Å². The maximum atomic E-state index is 6.09. The van der Waals surface area contributed by atoms with E-state index in [4.69, 9.17) is 5.73 Å². The van der Waals surface area contributed by atoms with Gasteiger partial charge in [-0.15, -0.1) is 0 Å². The Morgan fingerprint density at radius 2 is 2.00 bits per heavy atom. The fourth-order valence-corrected chi connectivity index (χ4v) is 3.82. The van der Waals surface area contributed by atoms with Crippen LogP contribution in [0.4, 0.5) is 5.69 Å². The quantitative estimate of drug-likeness (QED) is 0.782. The van der Waals surface area contributed by atoms with Crippen LogP contribution in [-0.4, -0.2) is 17.5 Å². The van der Waals surface area contributed by atoms with Crippen molar-refractivity contribution in [3.05, 3.63) is 29.3 Å². The molecule has 1 saturated carbocycles. The predicted octanol–water partition coefficient (Wildman–Crippen LogP) is 3.45. The highest BCUT2D eigenvalue weighted by atomic mass is 15.2. The Morgan fingerprint density at radius 1 is 1.16 bits per heavy atom. The first-order valence-corrected chi connectivity index (χ1v) is 7.75. The second-order valence-corrected chi connectivity index (χ2v) is 6.63. The van der Waals surface area contributed by atoms with Gasteiger partial charge in [0.2, 0.25) is 0 Å². The fourth-order valence-electron chi connectivity index (χ4n) is 3.82. The van der Waals surface area contributed by atoms with Gasteiger partial charge in [0.1, 0.15) is 0 Å². The molecule has 3 atom stereocenters. The molecule has 3 unspecified atom stereocenters. The summed E-state index contributed by atoms with van der Waals surface area (Å²) in [7, 11) is 0. The Labute approximate surface area is 117 Å². The lowest BCUT2D eigenvalue weighted by Crippen LogP contribution is -2.43. The van der Waals surface area contributed by atoms with Crippen LogP contribution in [-0.2, 0) is 13.0 Å². The van der Waals surface area contributed by atoms with Gasteiger partial charge in [-0.3, -0.25) is 4.90 Å². The summed E-state index contributed by atoms with van der Waals surface area (Å²) < 4.78 is 0. The molecular weight excluding hydrogens is 232 g/mol. The molecule has 0 saturated heterocycles. The molecule has 2 aliphatic rings. The van der Waals surface area contributed by atoms with Crippen molar-refractivity contribution in [3.63, 3.8) is 0 Å². The molecule has 104 valence electrons. The van der Waals surface area contributed by atoms with E-state index >= 15 is 0 Å². The van der Waals surface area contributed by atoms with E-state index in [2.05, 4.69) is 30.9 Å². The van der Waals surface area contributed by atoms with Crippen LogP contribution >= 0.6 is 0 Å². The van der Waals surface area contributed by atoms with Crippen LogP contribution in [0.2, 0.25) is 0 Å². The van der Waals surface area contributed by atoms with E-state index in [1.54, 1.807) is 0 Å². The van der Waals surface area contributed by atoms with Gasteiger partial charge >= 0.3 is 0 Å². The molecule has 1 heterocycles. The summed E-state index contributed by atoms with van der Waals surface area (Å²) in [5.74, 6) is 1.78. The lowest BCUT2D eigenvalue weighted by molar-refractivity contribution is 0.0980. The molecule has 0 spiro atoms. The average molecular weight is 258 g/mol.